The third kappa shape index (κ3) is 4.94. The van der Waals surface area contributed by atoms with Crippen LogP contribution in [0.1, 0.15) is 40.0 Å². The van der Waals surface area contributed by atoms with Crippen LogP contribution in [0.15, 0.2) is 0 Å². The van der Waals surface area contributed by atoms with Gasteiger partial charge in [0.05, 0.1) is 6.61 Å². The summed E-state index contributed by atoms with van der Waals surface area (Å²) < 4.78 is 5.25. The minimum absolute atomic E-state index is 0.688. The molecule has 1 aliphatic rings. The summed E-state index contributed by atoms with van der Waals surface area (Å²) in [6.45, 7) is 11.2. The van der Waals surface area contributed by atoms with E-state index in [4.69, 9.17) is 4.74 Å². The smallest absolute Gasteiger partial charge is 0.0589 e. The summed E-state index contributed by atoms with van der Waals surface area (Å²) in [4.78, 5) is 2.62. The number of nitrogens with zero attached hydrogens (tertiary/aromatic N) is 1. The van der Waals surface area contributed by atoms with Crippen molar-refractivity contribution >= 4 is 0 Å². The third-order valence-electron chi connectivity index (χ3n) is 3.86. The second-order valence-electron chi connectivity index (χ2n) is 5.50. The van der Waals surface area contributed by atoms with E-state index in [1.807, 2.05) is 0 Å². The predicted molar refractivity (Wildman–Crippen MR) is 73.4 cm³/mol. The summed E-state index contributed by atoms with van der Waals surface area (Å²) in [5.41, 5.74) is 0. The van der Waals surface area contributed by atoms with Crippen LogP contribution in [0.25, 0.3) is 0 Å². The number of nitrogens with one attached hydrogen (secondary N) is 1. The largest absolute Gasteiger partial charge is 0.383 e. The first kappa shape index (κ1) is 14.9. The molecule has 2 unspecified atom stereocenters. The molecule has 17 heavy (non-hydrogen) atoms. The maximum absolute atomic E-state index is 5.25. The molecule has 1 fully saturated rings. The van der Waals surface area contributed by atoms with E-state index in [1.165, 1.54) is 32.4 Å². The average Bonchev–Trinajstić information content (AvgIpc) is 2.78. The van der Waals surface area contributed by atoms with Crippen LogP contribution in [0.3, 0.4) is 0 Å². The van der Waals surface area contributed by atoms with E-state index >= 15 is 0 Å². The van der Waals surface area contributed by atoms with Crippen molar-refractivity contribution in [2.24, 2.45) is 5.92 Å². The van der Waals surface area contributed by atoms with Gasteiger partial charge >= 0.3 is 0 Å². The van der Waals surface area contributed by atoms with Crippen LogP contribution in [0, 0.1) is 5.92 Å². The van der Waals surface area contributed by atoms with Gasteiger partial charge in [0.15, 0.2) is 0 Å². The van der Waals surface area contributed by atoms with Crippen LogP contribution in [-0.2, 0) is 4.74 Å². The van der Waals surface area contributed by atoms with E-state index in [-0.39, 0.29) is 0 Å². The van der Waals surface area contributed by atoms with Gasteiger partial charge in [0, 0.05) is 32.3 Å². The van der Waals surface area contributed by atoms with E-state index in [1.54, 1.807) is 7.11 Å². The zero-order chi connectivity index (χ0) is 12.7. The molecule has 3 heteroatoms. The van der Waals surface area contributed by atoms with Gasteiger partial charge in [0.1, 0.15) is 0 Å². The summed E-state index contributed by atoms with van der Waals surface area (Å²) in [6, 6.07) is 1.38. The van der Waals surface area contributed by atoms with Gasteiger partial charge in [-0.1, -0.05) is 20.8 Å². The van der Waals surface area contributed by atoms with Crippen molar-refractivity contribution in [2.45, 2.75) is 52.1 Å². The molecule has 2 atom stereocenters. The van der Waals surface area contributed by atoms with Crippen molar-refractivity contribution in [1.82, 2.24) is 10.2 Å². The molecule has 0 aromatic heterocycles. The van der Waals surface area contributed by atoms with Crippen molar-refractivity contribution in [1.29, 1.82) is 0 Å². The first-order valence-corrected chi connectivity index (χ1v) is 7.15. The highest BCUT2D eigenvalue weighted by Gasteiger charge is 2.24. The molecule has 0 aromatic rings. The number of methoxy groups -OCH3 is 1. The first-order valence-electron chi connectivity index (χ1n) is 7.15. The average molecular weight is 242 g/mol. The second-order valence-corrected chi connectivity index (χ2v) is 5.50. The van der Waals surface area contributed by atoms with Gasteiger partial charge in [-0.05, 0) is 31.7 Å². The van der Waals surface area contributed by atoms with Crippen LogP contribution >= 0.6 is 0 Å². The molecule has 1 heterocycles. The molecule has 1 rings (SSSR count). The van der Waals surface area contributed by atoms with Gasteiger partial charge in [-0.25, -0.2) is 0 Å². The lowest BCUT2D eigenvalue weighted by molar-refractivity contribution is 0.0909. The molecule has 1 aliphatic heterocycles. The lowest BCUT2D eigenvalue weighted by Gasteiger charge is -2.35. The van der Waals surface area contributed by atoms with Gasteiger partial charge in [-0.2, -0.15) is 0 Å². The van der Waals surface area contributed by atoms with Crippen LogP contribution in [0.4, 0.5) is 0 Å². The van der Waals surface area contributed by atoms with Crippen LogP contribution in [0.2, 0.25) is 0 Å². The Morgan fingerprint density at radius 3 is 2.65 bits per heavy atom. The molecule has 0 spiro atoms. The third-order valence-corrected chi connectivity index (χ3v) is 3.86. The fraction of sp³-hybridized carbons (Fsp3) is 1.00. The normalized spacial score (nSPS) is 22.6. The van der Waals surface area contributed by atoms with Gasteiger partial charge in [0.25, 0.3) is 0 Å². The van der Waals surface area contributed by atoms with Gasteiger partial charge < -0.3 is 10.1 Å². The Hall–Kier alpha value is -0.120. The van der Waals surface area contributed by atoms with E-state index in [0.29, 0.717) is 12.1 Å². The highest BCUT2D eigenvalue weighted by atomic mass is 16.5. The fourth-order valence-corrected chi connectivity index (χ4v) is 2.95. The molecule has 0 saturated carbocycles. The minimum atomic E-state index is 0.688. The lowest BCUT2D eigenvalue weighted by Crippen LogP contribution is -2.46. The molecular formula is C14H30N2O. The molecular weight excluding hydrogens is 212 g/mol. The number of rotatable bonds is 8. The highest BCUT2D eigenvalue weighted by Crippen LogP contribution is 2.17. The number of hydrogen-bond acceptors (Lipinski definition) is 3. The summed E-state index contributed by atoms with van der Waals surface area (Å²) in [5, 5.41) is 3.60. The standard InChI is InChI=1S/C14H30N2O/c1-5-14(12(2)3)16(9-10-17-4)11-13-7-6-8-15-13/h12-15H,5-11H2,1-4H3. The van der Waals surface area contributed by atoms with E-state index in [9.17, 15) is 0 Å². The Kier molecular flexibility index (Phi) is 7.09. The number of ether oxygens (including phenoxy) is 1. The highest BCUT2D eigenvalue weighted by molar-refractivity contribution is 4.82. The monoisotopic (exact) mass is 242 g/mol. The van der Waals surface area contributed by atoms with Crippen molar-refractivity contribution in [2.75, 3.05) is 33.4 Å². The Balaban J connectivity index is 2.50. The van der Waals surface area contributed by atoms with Crippen molar-refractivity contribution in [3.05, 3.63) is 0 Å². The molecule has 1 saturated heterocycles. The SMILES string of the molecule is CCC(C(C)C)N(CCOC)CC1CCCN1. The first-order chi connectivity index (χ1) is 8.19. The molecule has 1 N–H and O–H groups in total. The van der Waals surface area contributed by atoms with E-state index in [0.717, 1.165) is 19.1 Å². The second kappa shape index (κ2) is 8.06. The van der Waals surface area contributed by atoms with Crippen LogP contribution < -0.4 is 5.32 Å². The van der Waals surface area contributed by atoms with Crippen molar-refractivity contribution in [3.63, 3.8) is 0 Å². The molecule has 102 valence electrons. The Morgan fingerprint density at radius 2 is 2.18 bits per heavy atom. The zero-order valence-electron chi connectivity index (χ0n) is 12.0. The molecule has 0 amide bonds. The van der Waals surface area contributed by atoms with E-state index in [2.05, 4.69) is 31.0 Å². The topological polar surface area (TPSA) is 24.5 Å². The summed E-state index contributed by atoms with van der Waals surface area (Å²) in [7, 11) is 1.79. The Labute approximate surface area is 107 Å². The van der Waals surface area contributed by atoms with Gasteiger partial charge in [-0.15, -0.1) is 0 Å². The lowest BCUT2D eigenvalue weighted by atomic mass is 9.99. The van der Waals surface area contributed by atoms with Gasteiger partial charge in [-0.3, -0.25) is 4.90 Å². The quantitative estimate of drug-likeness (QED) is 0.705. The van der Waals surface area contributed by atoms with Crippen molar-refractivity contribution in [3.8, 4) is 0 Å². The molecule has 0 bridgehead atoms. The Bertz CT molecular complexity index is 191. The Morgan fingerprint density at radius 1 is 1.41 bits per heavy atom. The molecule has 0 radical (unpaired) electrons. The van der Waals surface area contributed by atoms with Gasteiger partial charge in [0.2, 0.25) is 0 Å². The van der Waals surface area contributed by atoms with Crippen molar-refractivity contribution < 1.29 is 4.74 Å². The zero-order valence-corrected chi connectivity index (χ0v) is 12.0. The summed E-state index contributed by atoms with van der Waals surface area (Å²) in [6.07, 6.45) is 3.90. The van der Waals surface area contributed by atoms with Crippen LogP contribution in [-0.4, -0.2) is 50.3 Å². The molecule has 0 aromatic carbocycles. The molecule has 3 nitrogen and oxygen atoms in total. The predicted octanol–water partition coefficient (Wildman–Crippen LogP) is 2.12. The number of hydrogen-bond donors (Lipinski definition) is 1. The fourth-order valence-electron chi connectivity index (χ4n) is 2.95. The maximum Gasteiger partial charge on any atom is 0.0589 e. The summed E-state index contributed by atoms with van der Waals surface area (Å²) >= 11 is 0. The van der Waals surface area contributed by atoms with Crippen LogP contribution in [0.5, 0.6) is 0 Å². The van der Waals surface area contributed by atoms with E-state index < -0.39 is 0 Å². The molecule has 0 aliphatic carbocycles. The minimum Gasteiger partial charge on any atom is -0.383 e. The maximum atomic E-state index is 5.25. The summed E-state index contributed by atoms with van der Waals surface area (Å²) in [5.74, 6) is 0.721.